The quantitative estimate of drug-likeness (QED) is 0.473. The van der Waals surface area contributed by atoms with Crippen molar-refractivity contribution in [1.82, 2.24) is 14.6 Å². The number of carbonyl (C=O) groups is 1. The highest BCUT2D eigenvalue weighted by molar-refractivity contribution is 7.15. The fraction of sp³-hybridized carbons (Fsp3) is 0.143. The summed E-state index contributed by atoms with van der Waals surface area (Å²) >= 11 is 1.27. The van der Waals surface area contributed by atoms with E-state index in [-0.39, 0.29) is 5.56 Å². The zero-order valence-electron chi connectivity index (χ0n) is 15.8. The van der Waals surface area contributed by atoms with E-state index >= 15 is 0 Å². The van der Waals surface area contributed by atoms with Crippen LogP contribution in [0.15, 0.2) is 53.3 Å². The molecule has 4 rings (SSSR count). The van der Waals surface area contributed by atoms with Gasteiger partial charge < -0.3 is 9.47 Å². The van der Waals surface area contributed by atoms with Gasteiger partial charge in [0.05, 0.1) is 23.8 Å². The Morgan fingerprint density at radius 2 is 1.86 bits per heavy atom. The molecule has 0 atom stereocenters. The van der Waals surface area contributed by atoms with E-state index in [4.69, 9.17) is 4.74 Å². The van der Waals surface area contributed by atoms with E-state index in [2.05, 4.69) is 14.8 Å². The molecule has 0 spiro atoms. The predicted molar refractivity (Wildman–Crippen MR) is 110 cm³/mol. The summed E-state index contributed by atoms with van der Waals surface area (Å²) in [5.41, 5.74) is 1.83. The molecule has 2 heterocycles. The van der Waals surface area contributed by atoms with Crippen molar-refractivity contribution in [1.29, 1.82) is 0 Å². The van der Waals surface area contributed by atoms with Gasteiger partial charge in [-0.1, -0.05) is 23.5 Å². The number of aromatic nitrogens is 3. The molecular weight excluding hydrogens is 390 g/mol. The van der Waals surface area contributed by atoms with Crippen LogP contribution in [-0.4, -0.2) is 34.3 Å². The molecule has 0 aliphatic rings. The maximum Gasteiger partial charge on any atom is 0.337 e. The van der Waals surface area contributed by atoms with Crippen molar-refractivity contribution in [3.63, 3.8) is 0 Å². The van der Waals surface area contributed by atoms with Crippen molar-refractivity contribution < 1.29 is 14.3 Å². The molecule has 2 aromatic heterocycles. The molecule has 8 heteroatoms. The number of hydrogen-bond donors (Lipinski definition) is 0. The van der Waals surface area contributed by atoms with E-state index in [0.29, 0.717) is 27.5 Å². The zero-order valence-corrected chi connectivity index (χ0v) is 16.6. The fourth-order valence-corrected chi connectivity index (χ4v) is 3.72. The molecule has 4 aromatic rings. The van der Waals surface area contributed by atoms with E-state index in [1.807, 2.05) is 31.2 Å². The minimum atomic E-state index is -0.401. The zero-order chi connectivity index (χ0) is 20.4. The van der Waals surface area contributed by atoms with Gasteiger partial charge in [-0.3, -0.25) is 4.79 Å². The minimum Gasteiger partial charge on any atom is -0.494 e. The van der Waals surface area contributed by atoms with Crippen molar-refractivity contribution in [3.8, 4) is 17.1 Å². The summed E-state index contributed by atoms with van der Waals surface area (Å²) < 4.78 is 11.9. The first kappa shape index (κ1) is 18.8. The van der Waals surface area contributed by atoms with Gasteiger partial charge in [-0.25, -0.2) is 4.79 Å². The Kier molecular flexibility index (Phi) is 5.09. The molecule has 2 aromatic carbocycles. The van der Waals surface area contributed by atoms with E-state index in [1.165, 1.54) is 23.0 Å². The number of ether oxygens (including phenoxy) is 2. The van der Waals surface area contributed by atoms with Crippen molar-refractivity contribution in [2.45, 2.75) is 6.92 Å². The third-order valence-corrected chi connectivity index (χ3v) is 5.19. The van der Waals surface area contributed by atoms with Crippen LogP contribution >= 0.6 is 11.3 Å². The Labute approximate surface area is 169 Å². The molecule has 0 fully saturated rings. The van der Waals surface area contributed by atoms with Crippen LogP contribution in [0.1, 0.15) is 22.8 Å². The number of fused-ring (bicyclic) bond motifs is 1. The van der Waals surface area contributed by atoms with Gasteiger partial charge in [0.15, 0.2) is 5.82 Å². The summed E-state index contributed by atoms with van der Waals surface area (Å²) in [5.74, 6) is 0.865. The summed E-state index contributed by atoms with van der Waals surface area (Å²) in [4.78, 5) is 29.2. The maximum atomic E-state index is 12.7. The summed E-state index contributed by atoms with van der Waals surface area (Å²) in [6.45, 7) is 2.53. The number of benzene rings is 2. The number of nitrogens with zero attached hydrogens (tertiary/aromatic N) is 3. The van der Waals surface area contributed by atoms with Crippen molar-refractivity contribution >= 4 is 28.3 Å². The lowest BCUT2D eigenvalue weighted by molar-refractivity contribution is 0.0600. The first-order chi connectivity index (χ1) is 14.1. The van der Waals surface area contributed by atoms with Crippen LogP contribution in [0.5, 0.6) is 5.75 Å². The van der Waals surface area contributed by atoms with E-state index in [9.17, 15) is 9.59 Å². The Bertz CT molecular complexity index is 1270. The van der Waals surface area contributed by atoms with Crippen LogP contribution in [0.25, 0.3) is 22.4 Å². The Morgan fingerprint density at radius 1 is 1.14 bits per heavy atom. The largest absolute Gasteiger partial charge is 0.494 e. The lowest BCUT2D eigenvalue weighted by Crippen LogP contribution is -2.23. The number of thiazole rings is 1. The lowest BCUT2D eigenvalue weighted by atomic mass is 10.1. The normalized spacial score (nSPS) is 11.7. The van der Waals surface area contributed by atoms with Gasteiger partial charge in [0, 0.05) is 5.56 Å². The average molecular weight is 407 g/mol. The Hall–Kier alpha value is -3.52. The molecule has 0 amide bonds. The van der Waals surface area contributed by atoms with Gasteiger partial charge in [-0.15, -0.1) is 5.10 Å². The molecule has 0 radical (unpaired) electrons. The van der Waals surface area contributed by atoms with E-state index in [0.717, 1.165) is 16.9 Å². The van der Waals surface area contributed by atoms with Crippen LogP contribution in [0.4, 0.5) is 0 Å². The third kappa shape index (κ3) is 3.74. The van der Waals surface area contributed by atoms with Gasteiger partial charge in [-0.2, -0.15) is 9.50 Å². The average Bonchev–Trinajstić information content (AvgIpc) is 3.28. The second-order valence-electron chi connectivity index (χ2n) is 6.12. The monoisotopic (exact) mass is 407 g/mol. The summed E-state index contributed by atoms with van der Waals surface area (Å²) in [6.07, 6.45) is 1.75. The van der Waals surface area contributed by atoms with E-state index < -0.39 is 5.97 Å². The SMILES string of the molecule is CCOc1ccc(-c2nc3s/c(=C/c4ccc(C(=O)OC)cc4)c(=O)n3n2)cc1. The molecule has 29 heavy (non-hydrogen) atoms. The lowest BCUT2D eigenvalue weighted by Gasteiger charge is -2.02. The second kappa shape index (κ2) is 7.84. The molecule has 0 saturated carbocycles. The highest BCUT2D eigenvalue weighted by atomic mass is 32.1. The molecule has 7 nitrogen and oxygen atoms in total. The van der Waals surface area contributed by atoms with Crippen LogP contribution in [0.3, 0.4) is 0 Å². The summed E-state index contributed by atoms with van der Waals surface area (Å²) in [6, 6.07) is 14.3. The number of hydrogen-bond acceptors (Lipinski definition) is 7. The van der Waals surface area contributed by atoms with Gasteiger partial charge >= 0.3 is 5.97 Å². The summed E-state index contributed by atoms with van der Waals surface area (Å²) in [7, 11) is 1.34. The molecule has 146 valence electrons. The first-order valence-electron chi connectivity index (χ1n) is 8.92. The standard InChI is InChI=1S/C21H17N3O4S/c1-3-28-16-10-8-14(9-11-16)18-22-21-24(23-18)19(25)17(29-21)12-13-4-6-15(7-5-13)20(26)27-2/h4-12H,3H2,1-2H3/b17-12+. The second-order valence-corrected chi connectivity index (χ2v) is 7.13. The molecule has 0 aliphatic carbocycles. The highest BCUT2D eigenvalue weighted by Crippen LogP contribution is 2.20. The summed E-state index contributed by atoms with van der Waals surface area (Å²) in [5, 5.41) is 4.35. The smallest absolute Gasteiger partial charge is 0.337 e. The van der Waals surface area contributed by atoms with Gasteiger partial charge in [0.25, 0.3) is 5.56 Å². The number of carbonyl (C=O) groups excluding carboxylic acids is 1. The molecule has 0 N–H and O–H groups in total. The van der Waals surface area contributed by atoms with Crippen LogP contribution in [0, 0.1) is 0 Å². The van der Waals surface area contributed by atoms with Crippen molar-refractivity contribution in [3.05, 3.63) is 74.5 Å². The highest BCUT2D eigenvalue weighted by Gasteiger charge is 2.12. The third-order valence-electron chi connectivity index (χ3n) is 4.23. The van der Waals surface area contributed by atoms with E-state index in [1.54, 1.807) is 30.3 Å². The Balaban J connectivity index is 1.65. The van der Waals surface area contributed by atoms with Crippen LogP contribution in [-0.2, 0) is 4.74 Å². The van der Waals surface area contributed by atoms with Gasteiger partial charge in [0.1, 0.15) is 5.75 Å². The number of methoxy groups -OCH3 is 1. The number of rotatable bonds is 5. The predicted octanol–water partition coefficient (Wildman–Crippen LogP) is 2.55. The molecule has 0 aliphatic heterocycles. The fourth-order valence-electron chi connectivity index (χ4n) is 2.81. The number of esters is 1. The van der Waals surface area contributed by atoms with Crippen LogP contribution < -0.4 is 14.8 Å². The Morgan fingerprint density at radius 3 is 2.48 bits per heavy atom. The van der Waals surface area contributed by atoms with Gasteiger partial charge in [0.2, 0.25) is 4.96 Å². The molecule has 0 unspecified atom stereocenters. The maximum absolute atomic E-state index is 12.7. The van der Waals surface area contributed by atoms with Crippen molar-refractivity contribution in [2.75, 3.05) is 13.7 Å². The van der Waals surface area contributed by atoms with Crippen LogP contribution in [0.2, 0.25) is 0 Å². The minimum absolute atomic E-state index is 0.230. The molecular formula is C21H17N3O4S. The van der Waals surface area contributed by atoms with Gasteiger partial charge in [-0.05, 0) is 55.0 Å². The molecule has 0 bridgehead atoms. The topological polar surface area (TPSA) is 82.8 Å². The van der Waals surface area contributed by atoms with Crippen molar-refractivity contribution in [2.24, 2.45) is 0 Å². The first-order valence-corrected chi connectivity index (χ1v) is 9.73. The molecule has 0 saturated heterocycles.